The molecule has 0 saturated carbocycles. The zero-order chi connectivity index (χ0) is 13.5. The highest BCUT2D eigenvalue weighted by Crippen LogP contribution is 2.24. The van der Waals surface area contributed by atoms with Gasteiger partial charge in [-0.25, -0.2) is 0 Å². The third-order valence-electron chi connectivity index (χ3n) is 2.60. The molecule has 1 atom stereocenters. The molecular weight excluding hydrogens is 226 g/mol. The zero-order valence-electron chi connectivity index (χ0n) is 11.9. The van der Waals surface area contributed by atoms with Crippen LogP contribution in [0.4, 0.5) is 0 Å². The molecular formula is C15H25NO2. The fourth-order valence-electron chi connectivity index (χ4n) is 1.67. The van der Waals surface area contributed by atoms with Gasteiger partial charge in [0.25, 0.3) is 0 Å². The number of ether oxygens (including phenoxy) is 2. The molecule has 0 aliphatic heterocycles. The van der Waals surface area contributed by atoms with Crippen molar-refractivity contribution in [2.75, 3.05) is 19.8 Å². The first-order valence-corrected chi connectivity index (χ1v) is 6.57. The van der Waals surface area contributed by atoms with Crippen LogP contribution >= 0.6 is 0 Å². The topological polar surface area (TPSA) is 44.5 Å². The van der Waals surface area contributed by atoms with Gasteiger partial charge in [-0.05, 0) is 31.4 Å². The molecule has 0 heterocycles. The molecule has 0 aromatic heterocycles. The molecule has 0 radical (unpaired) electrons. The molecule has 18 heavy (non-hydrogen) atoms. The van der Waals surface area contributed by atoms with E-state index in [2.05, 4.69) is 19.9 Å². The highest BCUT2D eigenvalue weighted by Gasteiger charge is 2.08. The summed E-state index contributed by atoms with van der Waals surface area (Å²) in [5.41, 5.74) is 8.15. The molecule has 0 bridgehead atoms. The lowest BCUT2D eigenvalue weighted by Crippen LogP contribution is -2.13. The summed E-state index contributed by atoms with van der Waals surface area (Å²) in [5, 5.41) is 0. The minimum absolute atomic E-state index is 0.0165. The number of hydrogen-bond acceptors (Lipinski definition) is 3. The van der Waals surface area contributed by atoms with Crippen molar-refractivity contribution >= 4 is 0 Å². The molecule has 3 heteroatoms. The smallest absolute Gasteiger partial charge is 0.124 e. The average molecular weight is 251 g/mol. The van der Waals surface area contributed by atoms with Crippen LogP contribution in [0.2, 0.25) is 0 Å². The van der Waals surface area contributed by atoms with E-state index in [1.807, 2.05) is 26.0 Å². The highest BCUT2D eigenvalue weighted by molar-refractivity contribution is 5.38. The third kappa shape index (κ3) is 5.07. The first-order valence-electron chi connectivity index (χ1n) is 6.57. The Kier molecular flexibility index (Phi) is 6.16. The van der Waals surface area contributed by atoms with E-state index in [0.29, 0.717) is 19.1 Å². The van der Waals surface area contributed by atoms with Gasteiger partial charge in [0, 0.05) is 18.2 Å². The molecule has 2 N–H and O–H groups in total. The van der Waals surface area contributed by atoms with E-state index in [4.69, 9.17) is 15.2 Å². The Labute approximate surface area is 110 Å². The van der Waals surface area contributed by atoms with Gasteiger partial charge in [-0.15, -0.1) is 0 Å². The van der Waals surface area contributed by atoms with Crippen molar-refractivity contribution in [3.8, 4) is 5.75 Å². The van der Waals surface area contributed by atoms with Crippen molar-refractivity contribution in [1.82, 2.24) is 0 Å². The Hall–Kier alpha value is -1.06. The second-order valence-corrected chi connectivity index (χ2v) is 5.15. The molecule has 0 amide bonds. The molecule has 1 rings (SSSR count). The predicted octanol–water partition coefficient (Wildman–Crippen LogP) is 3.07. The van der Waals surface area contributed by atoms with E-state index in [-0.39, 0.29) is 6.04 Å². The monoisotopic (exact) mass is 251 g/mol. The fraction of sp³-hybridized carbons (Fsp3) is 0.600. The lowest BCUT2D eigenvalue weighted by molar-refractivity contribution is 0.0815. The van der Waals surface area contributed by atoms with Gasteiger partial charge in [0.2, 0.25) is 0 Å². The van der Waals surface area contributed by atoms with Crippen molar-refractivity contribution in [3.63, 3.8) is 0 Å². The number of benzene rings is 1. The number of nitrogens with two attached hydrogens (primary N) is 1. The van der Waals surface area contributed by atoms with E-state index in [0.717, 1.165) is 17.9 Å². The van der Waals surface area contributed by atoms with Gasteiger partial charge in [0.1, 0.15) is 12.4 Å². The lowest BCUT2D eigenvalue weighted by atomic mass is 10.1. The van der Waals surface area contributed by atoms with Crippen LogP contribution in [0.1, 0.15) is 37.9 Å². The molecule has 0 spiro atoms. The summed E-state index contributed by atoms with van der Waals surface area (Å²) < 4.78 is 11.2. The van der Waals surface area contributed by atoms with E-state index in [1.165, 1.54) is 5.56 Å². The number of aryl methyl sites for hydroxylation is 1. The summed E-state index contributed by atoms with van der Waals surface area (Å²) in [7, 11) is 0. The molecule has 102 valence electrons. The Balaban J connectivity index is 2.48. The van der Waals surface area contributed by atoms with Crippen LogP contribution in [0.15, 0.2) is 18.2 Å². The van der Waals surface area contributed by atoms with Gasteiger partial charge >= 0.3 is 0 Å². The lowest BCUT2D eigenvalue weighted by Gasteiger charge is -2.15. The Morgan fingerprint density at radius 1 is 1.17 bits per heavy atom. The van der Waals surface area contributed by atoms with E-state index in [9.17, 15) is 0 Å². The molecule has 0 saturated heterocycles. The maximum atomic E-state index is 5.92. The Morgan fingerprint density at radius 3 is 2.50 bits per heavy atom. The van der Waals surface area contributed by atoms with Crippen molar-refractivity contribution in [1.29, 1.82) is 0 Å². The predicted molar refractivity (Wildman–Crippen MR) is 74.9 cm³/mol. The highest BCUT2D eigenvalue weighted by atomic mass is 16.5. The zero-order valence-corrected chi connectivity index (χ0v) is 11.9. The van der Waals surface area contributed by atoms with E-state index in [1.54, 1.807) is 0 Å². The third-order valence-corrected chi connectivity index (χ3v) is 2.60. The Bertz CT molecular complexity index is 362. The molecule has 0 fully saturated rings. The molecule has 0 aliphatic rings. The molecule has 1 aromatic rings. The molecule has 3 nitrogen and oxygen atoms in total. The van der Waals surface area contributed by atoms with Crippen LogP contribution in [-0.4, -0.2) is 19.8 Å². The molecule has 1 aromatic carbocycles. The summed E-state index contributed by atoms with van der Waals surface area (Å²) in [5.74, 6) is 1.43. The minimum Gasteiger partial charge on any atom is -0.491 e. The summed E-state index contributed by atoms with van der Waals surface area (Å²) in [6.07, 6.45) is 0. The fourth-order valence-corrected chi connectivity index (χ4v) is 1.67. The van der Waals surface area contributed by atoms with Crippen LogP contribution in [0.25, 0.3) is 0 Å². The van der Waals surface area contributed by atoms with Crippen LogP contribution in [0.3, 0.4) is 0 Å². The van der Waals surface area contributed by atoms with E-state index >= 15 is 0 Å². The molecule has 0 unspecified atom stereocenters. The quantitative estimate of drug-likeness (QED) is 0.757. The van der Waals surface area contributed by atoms with Crippen molar-refractivity contribution in [2.45, 2.75) is 33.7 Å². The average Bonchev–Trinajstić information content (AvgIpc) is 2.27. The summed E-state index contributed by atoms with van der Waals surface area (Å²) in [4.78, 5) is 0. The summed E-state index contributed by atoms with van der Waals surface area (Å²) in [6, 6.07) is 6.10. The Morgan fingerprint density at radius 2 is 1.89 bits per heavy atom. The summed E-state index contributed by atoms with van der Waals surface area (Å²) in [6.45, 7) is 10.2. The van der Waals surface area contributed by atoms with Crippen LogP contribution in [0, 0.1) is 12.8 Å². The van der Waals surface area contributed by atoms with Gasteiger partial charge in [0.05, 0.1) is 6.61 Å². The van der Waals surface area contributed by atoms with Gasteiger partial charge < -0.3 is 15.2 Å². The number of rotatable bonds is 7. The van der Waals surface area contributed by atoms with Crippen LogP contribution in [-0.2, 0) is 4.74 Å². The van der Waals surface area contributed by atoms with Crippen molar-refractivity contribution in [3.05, 3.63) is 29.3 Å². The second kappa shape index (κ2) is 7.39. The first kappa shape index (κ1) is 15.0. The van der Waals surface area contributed by atoms with Crippen LogP contribution in [0.5, 0.6) is 5.75 Å². The summed E-state index contributed by atoms with van der Waals surface area (Å²) >= 11 is 0. The van der Waals surface area contributed by atoms with Gasteiger partial charge in [-0.2, -0.15) is 0 Å². The van der Waals surface area contributed by atoms with E-state index < -0.39 is 0 Å². The second-order valence-electron chi connectivity index (χ2n) is 5.15. The number of hydrogen-bond donors (Lipinski definition) is 1. The van der Waals surface area contributed by atoms with Gasteiger partial charge in [0.15, 0.2) is 0 Å². The first-order chi connectivity index (χ1) is 8.50. The van der Waals surface area contributed by atoms with Crippen molar-refractivity contribution in [2.24, 2.45) is 11.7 Å². The van der Waals surface area contributed by atoms with Gasteiger partial charge in [-0.1, -0.05) is 26.0 Å². The SMILES string of the molecule is Cc1ccc([C@H](C)N)c(OCCOCC(C)C)c1. The standard InChI is InChI=1S/C15H25NO2/c1-11(2)10-17-7-8-18-15-9-12(3)5-6-14(15)13(4)16/h5-6,9,11,13H,7-8,10,16H2,1-4H3/t13-/m0/s1. The largest absolute Gasteiger partial charge is 0.491 e. The maximum absolute atomic E-state index is 5.92. The van der Waals surface area contributed by atoms with Gasteiger partial charge in [-0.3, -0.25) is 0 Å². The maximum Gasteiger partial charge on any atom is 0.124 e. The van der Waals surface area contributed by atoms with Crippen LogP contribution < -0.4 is 10.5 Å². The molecule has 0 aliphatic carbocycles. The normalized spacial score (nSPS) is 12.8. The van der Waals surface area contributed by atoms with Crippen molar-refractivity contribution < 1.29 is 9.47 Å². The minimum atomic E-state index is -0.0165.